The predicted molar refractivity (Wildman–Crippen MR) is 368 cm³/mol. The Hall–Kier alpha value is -4.96. The number of aromatic nitrogens is 2. The molecule has 0 atom stereocenters. The van der Waals surface area contributed by atoms with E-state index in [-0.39, 0.29) is 21.7 Å². The SMILES string of the molecule is CC(C)(C)c1ccc2c(=O)c3cc4c(cc3n(-c3c(C5CCCCCC5)cc(C5CCCCCC5)cc3C3CCCCCC3)c2c1)c(=O)c1ccc(C(C)(C)C)cc1n4-c1c(C2CCCCCC2)cc(C2CCCCCC2)cc1C1CCCCCC1. The Kier molecular flexibility index (Phi) is 18.0. The standard InChI is InChI=1S/C82H108N2O2/c1-81(2,3)63-43-45-65-73(51-63)83(77-67(57-35-23-11-12-24-36-57)47-61(55-31-19-7-8-20-32-55)48-68(77)58-37-25-13-14-26-38-58)75-53-72-76(54-71(75)79(65)85)84(74-52-64(82(4,5)6)44-46-66(74)80(72)86)78-69(59-39-27-15-16-28-40-59)49-62(56-33-21-9-10-22-34-56)50-70(78)60-41-29-17-18-30-42-60/h43-60H,7-42H2,1-6H3. The Labute approximate surface area is 518 Å². The van der Waals surface area contributed by atoms with Crippen LogP contribution in [0.2, 0.25) is 0 Å². The van der Waals surface area contributed by atoms with Gasteiger partial charge in [0, 0.05) is 21.5 Å². The fourth-order valence-corrected chi connectivity index (χ4v) is 18.3. The van der Waals surface area contributed by atoms with Gasteiger partial charge in [0.1, 0.15) is 0 Å². The van der Waals surface area contributed by atoms with Gasteiger partial charge >= 0.3 is 0 Å². The fourth-order valence-electron chi connectivity index (χ4n) is 18.3. The van der Waals surface area contributed by atoms with Gasteiger partial charge in [-0.15, -0.1) is 0 Å². The van der Waals surface area contributed by atoms with Gasteiger partial charge in [-0.05, 0) is 204 Å². The van der Waals surface area contributed by atoms with Crippen LogP contribution in [0.5, 0.6) is 0 Å². The first-order chi connectivity index (χ1) is 41.8. The number of nitrogens with zero attached hydrogens (tertiary/aromatic N) is 2. The number of hydrogen-bond donors (Lipinski definition) is 0. The van der Waals surface area contributed by atoms with E-state index in [2.05, 4.69) is 123 Å². The van der Waals surface area contributed by atoms with Crippen molar-refractivity contribution >= 4 is 43.6 Å². The summed E-state index contributed by atoms with van der Waals surface area (Å²) in [6, 6.07) is 29.4. The van der Waals surface area contributed by atoms with Gasteiger partial charge in [0.25, 0.3) is 0 Å². The van der Waals surface area contributed by atoms with Gasteiger partial charge in [-0.3, -0.25) is 9.59 Å². The molecule has 5 aromatic carbocycles. The van der Waals surface area contributed by atoms with Crippen molar-refractivity contribution in [2.45, 2.75) is 319 Å². The smallest absolute Gasteiger partial charge is 0.197 e. The molecular weight excluding hydrogens is 1040 g/mol. The van der Waals surface area contributed by atoms with Crippen molar-refractivity contribution in [3.05, 3.63) is 138 Å². The zero-order valence-electron chi connectivity index (χ0n) is 54.6. The third kappa shape index (κ3) is 12.2. The summed E-state index contributed by atoms with van der Waals surface area (Å²) in [4.78, 5) is 32.9. The third-order valence-corrected chi connectivity index (χ3v) is 23.4. The monoisotopic (exact) mass is 1150 g/mol. The van der Waals surface area contributed by atoms with Crippen molar-refractivity contribution in [2.24, 2.45) is 0 Å². The van der Waals surface area contributed by atoms with E-state index < -0.39 is 0 Å². The minimum atomic E-state index is -0.139. The van der Waals surface area contributed by atoms with Gasteiger partial charge in [-0.25, -0.2) is 0 Å². The maximum absolute atomic E-state index is 16.5. The van der Waals surface area contributed by atoms with Gasteiger partial charge < -0.3 is 9.13 Å². The number of hydrogen-bond acceptors (Lipinski definition) is 2. The molecule has 0 N–H and O–H groups in total. The molecule has 2 heterocycles. The largest absolute Gasteiger partial charge is 0.308 e. The van der Waals surface area contributed by atoms with Crippen LogP contribution in [0, 0.1) is 0 Å². The van der Waals surface area contributed by atoms with Crippen molar-refractivity contribution in [2.75, 3.05) is 0 Å². The van der Waals surface area contributed by atoms with Crippen LogP contribution >= 0.6 is 0 Å². The van der Waals surface area contributed by atoms with E-state index in [0.717, 1.165) is 43.6 Å². The molecule has 0 saturated heterocycles. The summed E-state index contributed by atoms with van der Waals surface area (Å²) in [6.45, 7) is 14.0. The summed E-state index contributed by atoms with van der Waals surface area (Å²) in [5.74, 6) is 2.89. The predicted octanol–water partition coefficient (Wildman–Crippen LogP) is 23.8. The summed E-state index contributed by atoms with van der Waals surface area (Å²) >= 11 is 0. The highest BCUT2D eigenvalue weighted by Gasteiger charge is 2.34. The number of benzene rings is 5. The number of pyridine rings is 2. The highest BCUT2D eigenvalue weighted by molar-refractivity contribution is 6.06. The quantitative estimate of drug-likeness (QED) is 0.112. The van der Waals surface area contributed by atoms with Gasteiger partial charge in [0.15, 0.2) is 10.9 Å². The molecule has 6 fully saturated rings. The highest BCUT2D eigenvalue weighted by Crippen LogP contribution is 2.50. The molecule has 0 radical (unpaired) electrons. The summed E-state index contributed by atoms with van der Waals surface area (Å²) in [5, 5.41) is 3.10. The third-order valence-electron chi connectivity index (χ3n) is 23.4. The maximum Gasteiger partial charge on any atom is 0.197 e. The highest BCUT2D eigenvalue weighted by atomic mass is 16.1. The van der Waals surface area contributed by atoms with Crippen molar-refractivity contribution in [1.82, 2.24) is 9.13 Å². The molecule has 0 aliphatic heterocycles. The van der Waals surface area contributed by atoms with Gasteiger partial charge in [-0.1, -0.05) is 232 Å². The minimum absolute atomic E-state index is 0.0925. The van der Waals surface area contributed by atoms with Crippen LogP contribution in [-0.4, -0.2) is 9.13 Å². The molecule has 6 aliphatic rings. The molecule has 13 rings (SSSR count). The Balaban J connectivity index is 1.20. The normalized spacial score (nSPS) is 20.9. The van der Waals surface area contributed by atoms with Gasteiger partial charge in [0.2, 0.25) is 0 Å². The summed E-state index contributed by atoms with van der Waals surface area (Å²) in [5.41, 5.74) is 18.3. The van der Waals surface area contributed by atoms with E-state index >= 15 is 9.59 Å². The van der Waals surface area contributed by atoms with Crippen LogP contribution in [-0.2, 0) is 10.8 Å². The van der Waals surface area contributed by atoms with Crippen molar-refractivity contribution in [3.63, 3.8) is 0 Å². The molecule has 4 heteroatoms. The lowest BCUT2D eigenvalue weighted by Gasteiger charge is -2.32. The number of fused-ring (bicyclic) bond motifs is 4. The molecule has 0 unspecified atom stereocenters. The molecule has 458 valence electrons. The van der Waals surface area contributed by atoms with E-state index in [1.54, 1.807) is 11.1 Å². The Morgan fingerprint density at radius 3 is 0.756 bits per heavy atom. The van der Waals surface area contributed by atoms with Crippen LogP contribution in [0.15, 0.2) is 82.4 Å². The van der Waals surface area contributed by atoms with E-state index in [1.165, 1.54) is 276 Å². The summed E-state index contributed by atoms with van der Waals surface area (Å²) in [6.07, 6.45) is 46.0. The second-order valence-electron chi connectivity index (χ2n) is 31.4. The van der Waals surface area contributed by atoms with Crippen LogP contribution in [0.25, 0.3) is 55.0 Å². The van der Waals surface area contributed by atoms with Gasteiger partial charge in [0.05, 0.1) is 33.4 Å². The summed E-state index contributed by atoms with van der Waals surface area (Å²) < 4.78 is 5.31. The van der Waals surface area contributed by atoms with E-state index in [1.807, 2.05) is 0 Å². The lowest BCUT2D eigenvalue weighted by atomic mass is 9.79. The maximum atomic E-state index is 16.5. The molecule has 7 aromatic rings. The van der Waals surface area contributed by atoms with E-state index in [9.17, 15) is 0 Å². The molecule has 0 bridgehead atoms. The van der Waals surface area contributed by atoms with Gasteiger partial charge in [-0.2, -0.15) is 0 Å². The summed E-state index contributed by atoms with van der Waals surface area (Å²) in [7, 11) is 0. The van der Waals surface area contributed by atoms with Crippen LogP contribution in [0.3, 0.4) is 0 Å². The van der Waals surface area contributed by atoms with Crippen LogP contribution in [0.1, 0.15) is 353 Å². The second-order valence-corrected chi connectivity index (χ2v) is 31.4. The Morgan fingerprint density at radius 1 is 0.279 bits per heavy atom. The lowest BCUT2D eigenvalue weighted by Crippen LogP contribution is -2.20. The Bertz CT molecular complexity index is 3330. The molecular formula is C82H108N2O2. The first-order valence-electron chi connectivity index (χ1n) is 36.3. The minimum Gasteiger partial charge on any atom is -0.308 e. The zero-order chi connectivity index (χ0) is 59.1. The van der Waals surface area contributed by atoms with Crippen LogP contribution in [0.4, 0.5) is 0 Å². The van der Waals surface area contributed by atoms with Crippen molar-refractivity contribution in [3.8, 4) is 11.4 Å². The van der Waals surface area contributed by atoms with Crippen LogP contribution < -0.4 is 10.9 Å². The molecule has 6 saturated carbocycles. The average molecular weight is 1150 g/mol. The fraction of sp³-hybridized carbons (Fsp3) is 0.610. The molecule has 2 aromatic heterocycles. The second kappa shape index (κ2) is 25.9. The van der Waals surface area contributed by atoms with Crippen molar-refractivity contribution < 1.29 is 0 Å². The lowest BCUT2D eigenvalue weighted by molar-refractivity contribution is 0.560. The zero-order valence-corrected chi connectivity index (χ0v) is 54.6. The number of rotatable bonds is 8. The topological polar surface area (TPSA) is 44.0 Å². The molecule has 0 spiro atoms. The first kappa shape index (κ1) is 60.0. The average Bonchev–Trinajstić information content (AvgIpc) is 0.783. The Morgan fingerprint density at radius 2 is 0.512 bits per heavy atom. The van der Waals surface area contributed by atoms with E-state index in [0.29, 0.717) is 35.5 Å². The van der Waals surface area contributed by atoms with Crippen molar-refractivity contribution in [1.29, 1.82) is 0 Å². The molecule has 6 aliphatic carbocycles. The molecule has 0 amide bonds. The van der Waals surface area contributed by atoms with E-state index in [4.69, 9.17) is 0 Å². The molecule has 4 nitrogen and oxygen atoms in total. The molecule has 86 heavy (non-hydrogen) atoms. The first-order valence-corrected chi connectivity index (χ1v) is 36.3.